The molecule has 0 atom stereocenters. The van der Waals surface area contributed by atoms with Crippen LogP contribution in [0.2, 0.25) is 0 Å². The van der Waals surface area contributed by atoms with E-state index in [0.717, 1.165) is 12.1 Å². The summed E-state index contributed by atoms with van der Waals surface area (Å²) in [5.41, 5.74) is 2.16. The molecule has 0 bridgehead atoms. The van der Waals surface area contributed by atoms with Gasteiger partial charge in [0.2, 0.25) is 18.2 Å². The Balaban J connectivity index is 1.34. The molecule has 1 amide bonds. The molecule has 0 radical (unpaired) electrons. The summed E-state index contributed by atoms with van der Waals surface area (Å²) in [4.78, 5) is 38.0. The second kappa shape index (κ2) is 8.05. The van der Waals surface area contributed by atoms with Crippen molar-refractivity contribution in [1.82, 2.24) is 10.2 Å². The molecule has 4 rings (SSSR count). The SMILES string of the molecule is O=C(COC(=O)c1ccc(-c2nnco2)cc1)c1ccc(N2CCCC2=O)cc1. The van der Waals surface area contributed by atoms with Crippen molar-refractivity contribution < 1.29 is 23.5 Å². The highest BCUT2D eigenvalue weighted by Gasteiger charge is 2.21. The van der Waals surface area contributed by atoms with Crippen LogP contribution in [0.5, 0.6) is 0 Å². The minimum absolute atomic E-state index is 0.0862. The lowest BCUT2D eigenvalue weighted by molar-refractivity contribution is -0.117. The molecule has 0 aliphatic carbocycles. The van der Waals surface area contributed by atoms with E-state index in [1.807, 2.05) is 0 Å². The molecule has 2 heterocycles. The van der Waals surface area contributed by atoms with Crippen LogP contribution < -0.4 is 4.90 Å². The van der Waals surface area contributed by atoms with Gasteiger partial charge in [0.05, 0.1) is 5.56 Å². The van der Waals surface area contributed by atoms with Crippen molar-refractivity contribution >= 4 is 23.3 Å². The van der Waals surface area contributed by atoms with Gasteiger partial charge in [-0.3, -0.25) is 9.59 Å². The lowest BCUT2D eigenvalue weighted by Crippen LogP contribution is -2.23. The first-order valence-corrected chi connectivity index (χ1v) is 9.09. The third-order valence-electron chi connectivity index (χ3n) is 4.64. The Hall–Kier alpha value is -3.81. The number of benzene rings is 2. The number of amides is 1. The molecule has 1 fully saturated rings. The Bertz CT molecular complexity index is 1030. The Kier molecular flexibility index (Phi) is 5.15. The van der Waals surface area contributed by atoms with Gasteiger partial charge in [-0.1, -0.05) is 0 Å². The van der Waals surface area contributed by atoms with Crippen LogP contribution in [-0.4, -0.2) is 41.0 Å². The Labute approximate surface area is 166 Å². The molecule has 1 aromatic heterocycles. The highest BCUT2D eigenvalue weighted by Crippen LogP contribution is 2.22. The molecule has 0 N–H and O–H groups in total. The molecule has 2 aromatic carbocycles. The van der Waals surface area contributed by atoms with E-state index in [-0.39, 0.29) is 18.3 Å². The van der Waals surface area contributed by atoms with Crippen LogP contribution in [-0.2, 0) is 9.53 Å². The number of ether oxygens (including phenoxy) is 1. The number of anilines is 1. The molecule has 1 aliphatic heterocycles. The molecule has 0 spiro atoms. The zero-order chi connectivity index (χ0) is 20.2. The van der Waals surface area contributed by atoms with Crippen molar-refractivity contribution in [2.45, 2.75) is 12.8 Å². The molecule has 29 heavy (non-hydrogen) atoms. The third-order valence-corrected chi connectivity index (χ3v) is 4.64. The maximum absolute atomic E-state index is 12.3. The quantitative estimate of drug-likeness (QED) is 0.470. The lowest BCUT2D eigenvalue weighted by atomic mass is 10.1. The number of hydrogen-bond donors (Lipinski definition) is 0. The summed E-state index contributed by atoms with van der Waals surface area (Å²) in [5, 5.41) is 7.39. The number of rotatable bonds is 6. The smallest absolute Gasteiger partial charge is 0.338 e. The Morgan fingerprint density at radius 2 is 1.76 bits per heavy atom. The molecule has 1 aliphatic rings. The zero-order valence-corrected chi connectivity index (χ0v) is 15.4. The monoisotopic (exact) mass is 391 g/mol. The van der Waals surface area contributed by atoms with Crippen LogP contribution in [0.3, 0.4) is 0 Å². The molecular weight excluding hydrogens is 374 g/mol. The molecule has 1 saturated heterocycles. The maximum atomic E-state index is 12.3. The molecular formula is C21H17N3O5. The van der Waals surface area contributed by atoms with Crippen LogP contribution in [0.4, 0.5) is 5.69 Å². The predicted molar refractivity (Wildman–Crippen MR) is 102 cm³/mol. The van der Waals surface area contributed by atoms with Gasteiger partial charge in [-0.2, -0.15) is 0 Å². The molecule has 146 valence electrons. The number of hydrogen-bond acceptors (Lipinski definition) is 7. The fraction of sp³-hybridized carbons (Fsp3) is 0.190. The van der Waals surface area contributed by atoms with Gasteiger partial charge in [0, 0.05) is 29.8 Å². The fourth-order valence-corrected chi connectivity index (χ4v) is 3.09. The van der Waals surface area contributed by atoms with Gasteiger partial charge in [0.25, 0.3) is 0 Å². The standard InChI is InChI=1S/C21H17N3O5/c25-18(14-7-9-17(10-8-14)24-11-1-2-19(24)26)12-28-21(27)16-5-3-15(4-6-16)20-23-22-13-29-20/h3-10,13H,1-2,11-12H2. The minimum Gasteiger partial charge on any atom is -0.454 e. The third kappa shape index (κ3) is 4.06. The number of esters is 1. The van der Waals surface area contributed by atoms with Crippen molar-refractivity contribution in [1.29, 1.82) is 0 Å². The summed E-state index contributed by atoms with van der Waals surface area (Å²) >= 11 is 0. The number of Topliss-reactive ketones (excluding diaryl/α,β-unsaturated/α-hetero) is 1. The van der Waals surface area contributed by atoms with Gasteiger partial charge < -0.3 is 14.1 Å². The number of carbonyl (C=O) groups is 3. The highest BCUT2D eigenvalue weighted by atomic mass is 16.5. The van der Waals surface area contributed by atoms with Crippen molar-refractivity contribution in [3.8, 4) is 11.5 Å². The van der Waals surface area contributed by atoms with Crippen molar-refractivity contribution in [3.63, 3.8) is 0 Å². The average molecular weight is 391 g/mol. The minimum atomic E-state index is -0.602. The summed E-state index contributed by atoms with van der Waals surface area (Å²) in [7, 11) is 0. The van der Waals surface area contributed by atoms with Crippen molar-refractivity contribution in [2.24, 2.45) is 0 Å². The van der Waals surface area contributed by atoms with Crippen molar-refractivity contribution in [3.05, 3.63) is 66.1 Å². The van der Waals surface area contributed by atoms with E-state index in [2.05, 4.69) is 10.2 Å². The Morgan fingerprint density at radius 3 is 2.38 bits per heavy atom. The zero-order valence-electron chi connectivity index (χ0n) is 15.4. The molecule has 0 saturated carbocycles. The highest BCUT2D eigenvalue weighted by molar-refractivity contribution is 6.00. The Morgan fingerprint density at radius 1 is 1.03 bits per heavy atom. The van der Waals surface area contributed by atoms with Crippen LogP contribution >= 0.6 is 0 Å². The number of aromatic nitrogens is 2. The summed E-state index contributed by atoms with van der Waals surface area (Å²) in [6.45, 7) is 0.321. The van der Waals surface area contributed by atoms with Gasteiger partial charge in [-0.05, 0) is 55.0 Å². The lowest BCUT2D eigenvalue weighted by Gasteiger charge is -2.15. The fourth-order valence-electron chi connectivity index (χ4n) is 3.09. The summed E-state index contributed by atoms with van der Waals surface area (Å²) in [5.74, 6) is -0.489. The van der Waals surface area contributed by atoms with Gasteiger partial charge >= 0.3 is 5.97 Å². The van der Waals surface area contributed by atoms with E-state index >= 15 is 0 Å². The van der Waals surface area contributed by atoms with Crippen LogP contribution in [0, 0.1) is 0 Å². The first-order chi connectivity index (χ1) is 14.1. The van der Waals surface area contributed by atoms with E-state index in [9.17, 15) is 14.4 Å². The van der Waals surface area contributed by atoms with Crippen LogP contribution in [0.1, 0.15) is 33.6 Å². The number of nitrogens with zero attached hydrogens (tertiary/aromatic N) is 3. The van der Waals surface area contributed by atoms with Crippen LogP contribution in [0.15, 0.2) is 59.3 Å². The van der Waals surface area contributed by atoms with Crippen molar-refractivity contribution in [2.75, 3.05) is 18.1 Å². The number of ketones is 1. The van der Waals surface area contributed by atoms with Gasteiger partial charge in [0.15, 0.2) is 12.4 Å². The van der Waals surface area contributed by atoms with E-state index in [1.54, 1.807) is 53.4 Å². The van der Waals surface area contributed by atoms with Gasteiger partial charge in [0.1, 0.15) is 0 Å². The van der Waals surface area contributed by atoms with E-state index in [4.69, 9.17) is 9.15 Å². The topological polar surface area (TPSA) is 103 Å². The second-order valence-electron chi connectivity index (χ2n) is 6.52. The molecule has 3 aromatic rings. The van der Waals surface area contributed by atoms with Crippen LogP contribution in [0.25, 0.3) is 11.5 Å². The van der Waals surface area contributed by atoms with Gasteiger partial charge in [-0.15, -0.1) is 10.2 Å². The first kappa shape index (κ1) is 18.5. The molecule has 0 unspecified atom stereocenters. The maximum Gasteiger partial charge on any atom is 0.338 e. The van der Waals surface area contributed by atoms with E-state index in [0.29, 0.717) is 35.5 Å². The van der Waals surface area contributed by atoms with E-state index < -0.39 is 5.97 Å². The molecule has 8 heteroatoms. The molecule has 8 nitrogen and oxygen atoms in total. The predicted octanol–water partition coefficient (Wildman–Crippen LogP) is 2.90. The summed E-state index contributed by atoms with van der Waals surface area (Å²) in [6.07, 6.45) is 2.61. The largest absolute Gasteiger partial charge is 0.454 e. The van der Waals surface area contributed by atoms with E-state index in [1.165, 1.54) is 6.39 Å². The first-order valence-electron chi connectivity index (χ1n) is 9.09. The summed E-state index contributed by atoms with van der Waals surface area (Å²) in [6, 6.07) is 13.2. The van der Waals surface area contributed by atoms with Gasteiger partial charge in [-0.25, -0.2) is 4.79 Å². The number of carbonyl (C=O) groups excluding carboxylic acids is 3. The second-order valence-corrected chi connectivity index (χ2v) is 6.52. The normalized spacial score (nSPS) is 13.5. The summed E-state index contributed by atoms with van der Waals surface area (Å²) < 4.78 is 10.2. The average Bonchev–Trinajstić information content (AvgIpc) is 3.44.